The number of carboxylic acid groups (broad SMARTS) is 1. The smallest absolute Gasteiger partial charge is 0.325 e. The lowest BCUT2D eigenvalue weighted by Crippen LogP contribution is -2.10. The van der Waals surface area contributed by atoms with Gasteiger partial charge in [-0.3, -0.25) is 4.79 Å². The van der Waals surface area contributed by atoms with E-state index in [-0.39, 0.29) is 6.54 Å². The lowest BCUT2D eigenvalue weighted by atomic mass is 10.1. The van der Waals surface area contributed by atoms with Crippen molar-refractivity contribution in [3.05, 3.63) is 41.0 Å². The minimum absolute atomic E-state index is 0.230. The summed E-state index contributed by atoms with van der Waals surface area (Å²) in [5.41, 5.74) is 2.44. The average Bonchev–Trinajstić information content (AvgIpc) is 2.58. The molecule has 88 valence electrons. The van der Waals surface area contributed by atoms with Crippen molar-refractivity contribution in [1.29, 1.82) is 0 Å². The Morgan fingerprint density at radius 1 is 1.41 bits per heavy atom. The van der Waals surface area contributed by atoms with E-state index >= 15 is 0 Å². The molecule has 1 aromatic carbocycles. The van der Waals surface area contributed by atoms with Crippen LogP contribution in [0.4, 0.5) is 0 Å². The van der Waals surface area contributed by atoms with E-state index in [9.17, 15) is 4.79 Å². The zero-order valence-electron chi connectivity index (χ0n) is 9.22. The van der Waals surface area contributed by atoms with E-state index in [0.717, 1.165) is 16.8 Å². The van der Waals surface area contributed by atoms with E-state index in [4.69, 9.17) is 16.7 Å². The Bertz CT molecular complexity index is 549. The Morgan fingerprint density at radius 2 is 2.06 bits per heavy atom. The van der Waals surface area contributed by atoms with Crippen LogP contribution < -0.4 is 0 Å². The Kier molecular flexibility index (Phi) is 3.15. The molecule has 0 aliphatic rings. The average molecular weight is 251 g/mol. The number of aromatic nitrogens is 2. The zero-order valence-corrected chi connectivity index (χ0v) is 9.98. The molecule has 0 amide bonds. The van der Waals surface area contributed by atoms with E-state index in [1.54, 1.807) is 0 Å². The number of hydrogen-bond donors (Lipinski definition) is 1. The highest BCUT2D eigenvalue weighted by Gasteiger charge is 2.15. The maximum absolute atomic E-state index is 10.7. The number of nitrogens with zero attached hydrogens (tertiary/aromatic N) is 2. The molecule has 0 fully saturated rings. The molecule has 0 bridgehead atoms. The van der Waals surface area contributed by atoms with E-state index in [1.807, 2.05) is 37.3 Å². The second kappa shape index (κ2) is 4.59. The van der Waals surface area contributed by atoms with Crippen molar-refractivity contribution in [2.24, 2.45) is 0 Å². The first-order valence-corrected chi connectivity index (χ1v) is 5.47. The van der Waals surface area contributed by atoms with Gasteiger partial charge >= 0.3 is 5.97 Å². The first-order chi connectivity index (χ1) is 8.09. The van der Waals surface area contributed by atoms with Crippen LogP contribution in [0.15, 0.2) is 30.3 Å². The van der Waals surface area contributed by atoms with Gasteiger partial charge in [0.1, 0.15) is 11.7 Å². The Morgan fingerprint density at radius 3 is 2.65 bits per heavy atom. The molecule has 0 atom stereocenters. The SMILES string of the molecule is Cc1c(-c2ccccc2)nn(CC(=O)O)c1Cl. The molecule has 0 unspecified atom stereocenters. The molecular formula is C12H11ClN2O2. The fourth-order valence-electron chi connectivity index (χ4n) is 1.63. The summed E-state index contributed by atoms with van der Waals surface area (Å²) in [5.74, 6) is -0.964. The zero-order chi connectivity index (χ0) is 12.4. The van der Waals surface area contributed by atoms with Gasteiger partial charge in [0, 0.05) is 11.1 Å². The number of aliphatic carboxylic acids is 1. The Balaban J connectivity index is 2.46. The van der Waals surface area contributed by atoms with Crippen LogP contribution in [0.2, 0.25) is 5.15 Å². The number of halogens is 1. The Labute approximate surface area is 103 Å². The summed E-state index contributed by atoms with van der Waals surface area (Å²) in [6.45, 7) is 1.60. The molecule has 17 heavy (non-hydrogen) atoms. The highest BCUT2D eigenvalue weighted by Crippen LogP contribution is 2.27. The summed E-state index contributed by atoms with van der Waals surface area (Å²) in [7, 11) is 0. The van der Waals surface area contributed by atoms with Crippen molar-refractivity contribution >= 4 is 17.6 Å². The predicted molar refractivity (Wildman–Crippen MR) is 65.0 cm³/mol. The molecular weight excluding hydrogens is 240 g/mol. The van der Waals surface area contributed by atoms with E-state index < -0.39 is 5.97 Å². The lowest BCUT2D eigenvalue weighted by Gasteiger charge is -1.97. The van der Waals surface area contributed by atoms with Crippen molar-refractivity contribution in [1.82, 2.24) is 9.78 Å². The van der Waals surface area contributed by atoms with Crippen molar-refractivity contribution in [3.8, 4) is 11.3 Å². The van der Waals surface area contributed by atoms with Gasteiger partial charge in [0.25, 0.3) is 0 Å². The van der Waals surface area contributed by atoms with Crippen molar-refractivity contribution in [3.63, 3.8) is 0 Å². The number of hydrogen-bond acceptors (Lipinski definition) is 2. The van der Waals surface area contributed by atoms with Gasteiger partial charge in [0.05, 0.1) is 5.69 Å². The molecule has 2 rings (SSSR count). The maximum Gasteiger partial charge on any atom is 0.325 e. The standard InChI is InChI=1S/C12H11ClN2O2/c1-8-11(9-5-3-2-4-6-9)14-15(12(8)13)7-10(16)17/h2-6H,7H2,1H3,(H,16,17). The molecule has 5 heteroatoms. The van der Waals surface area contributed by atoms with E-state index in [1.165, 1.54) is 4.68 Å². The fourth-order valence-corrected chi connectivity index (χ4v) is 1.82. The maximum atomic E-state index is 10.7. The second-order valence-electron chi connectivity index (χ2n) is 3.68. The monoisotopic (exact) mass is 250 g/mol. The predicted octanol–water partition coefficient (Wildman–Crippen LogP) is 2.60. The normalized spacial score (nSPS) is 10.5. The van der Waals surface area contributed by atoms with Crippen LogP contribution in [0, 0.1) is 6.92 Å². The molecule has 1 N–H and O–H groups in total. The van der Waals surface area contributed by atoms with Gasteiger partial charge < -0.3 is 5.11 Å². The van der Waals surface area contributed by atoms with Crippen molar-refractivity contribution < 1.29 is 9.90 Å². The molecule has 0 aliphatic heterocycles. The van der Waals surface area contributed by atoms with Gasteiger partial charge in [-0.2, -0.15) is 5.10 Å². The number of carbonyl (C=O) groups is 1. The van der Waals surface area contributed by atoms with Crippen LogP contribution in [0.3, 0.4) is 0 Å². The first kappa shape index (κ1) is 11.7. The molecule has 2 aromatic rings. The third-order valence-corrected chi connectivity index (χ3v) is 2.92. The number of rotatable bonds is 3. The quantitative estimate of drug-likeness (QED) is 0.911. The second-order valence-corrected chi connectivity index (χ2v) is 4.04. The number of carboxylic acids is 1. The largest absolute Gasteiger partial charge is 0.480 e. The summed E-state index contributed by atoms with van der Waals surface area (Å²) >= 11 is 6.05. The Hall–Kier alpha value is -1.81. The highest BCUT2D eigenvalue weighted by molar-refractivity contribution is 6.30. The molecule has 0 saturated heterocycles. The summed E-state index contributed by atoms with van der Waals surface area (Å²) in [5, 5.41) is 13.3. The molecule has 1 aromatic heterocycles. The van der Waals surface area contributed by atoms with Crippen LogP contribution in [-0.4, -0.2) is 20.9 Å². The molecule has 0 radical (unpaired) electrons. The minimum Gasteiger partial charge on any atom is -0.480 e. The molecule has 1 heterocycles. The van der Waals surface area contributed by atoms with Gasteiger partial charge in [-0.25, -0.2) is 4.68 Å². The van der Waals surface area contributed by atoms with Crippen molar-refractivity contribution in [2.75, 3.05) is 0 Å². The highest BCUT2D eigenvalue weighted by atomic mass is 35.5. The van der Waals surface area contributed by atoms with Gasteiger partial charge in [-0.15, -0.1) is 0 Å². The van der Waals surface area contributed by atoms with E-state index in [2.05, 4.69) is 5.10 Å². The van der Waals surface area contributed by atoms with Gasteiger partial charge in [-0.1, -0.05) is 41.9 Å². The van der Waals surface area contributed by atoms with E-state index in [0.29, 0.717) is 5.15 Å². The molecule has 4 nitrogen and oxygen atoms in total. The molecule has 0 aliphatic carbocycles. The van der Waals surface area contributed by atoms with Crippen LogP contribution in [0.5, 0.6) is 0 Å². The number of benzene rings is 1. The summed E-state index contributed by atoms with van der Waals surface area (Å²) in [4.78, 5) is 10.7. The van der Waals surface area contributed by atoms with Crippen molar-refractivity contribution in [2.45, 2.75) is 13.5 Å². The van der Waals surface area contributed by atoms with Crippen LogP contribution in [-0.2, 0) is 11.3 Å². The summed E-state index contributed by atoms with van der Waals surface area (Å²) in [6.07, 6.45) is 0. The lowest BCUT2D eigenvalue weighted by molar-refractivity contribution is -0.137. The van der Waals surface area contributed by atoms with Gasteiger partial charge in [0.2, 0.25) is 0 Å². The molecule has 0 saturated carbocycles. The van der Waals surface area contributed by atoms with Crippen LogP contribution in [0.25, 0.3) is 11.3 Å². The summed E-state index contributed by atoms with van der Waals surface area (Å²) < 4.78 is 1.29. The topological polar surface area (TPSA) is 55.1 Å². The fraction of sp³-hybridized carbons (Fsp3) is 0.167. The minimum atomic E-state index is -0.964. The van der Waals surface area contributed by atoms with Crippen LogP contribution >= 0.6 is 11.6 Å². The summed E-state index contributed by atoms with van der Waals surface area (Å²) in [6, 6.07) is 9.54. The van der Waals surface area contributed by atoms with Gasteiger partial charge in [-0.05, 0) is 6.92 Å². The third-order valence-electron chi connectivity index (χ3n) is 2.44. The molecule has 0 spiro atoms. The first-order valence-electron chi connectivity index (χ1n) is 5.09. The third kappa shape index (κ3) is 2.31. The van der Waals surface area contributed by atoms with Crippen LogP contribution in [0.1, 0.15) is 5.56 Å². The van der Waals surface area contributed by atoms with Gasteiger partial charge in [0.15, 0.2) is 0 Å².